The first kappa shape index (κ1) is 40.2. The molecule has 3 aliphatic rings. The summed E-state index contributed by atoms with van der Waals surface area (Å²) >= 11 is 1.22. The highest BCUT2D eigenvalue weighted by molar-refractivity contribution is 7.14. The maximum absolute atomic E-state index is 14.6. The number of carbonyl (C=O) groups is 5. The highest BCUT2D eigenvalue weighted by Crippen LogP contribution is 2.45. The Morgan fingerprint density at radius 3 is 2.32 bits per heavy atom. The van der Waals surface area contributed by atoms with Crippen LogP contribution in [0, 0.1) is 11.3 Å². The van der Waals surface area contributed by atoms with E-state index in [1.165, 1.54) is 43.5 Å². The number of carboxylic acid groups (broad SMARTS) is 1. The average Bonchev–Trinajstić information content (AvgIpc) is 3.55. The number of nitrogens with zero attached hydrogens (tertiary/aromatic N) is 3. The molecule has 4 amide bonds. The zero-order valence-corrected chi connectivity index (χ0v) is 33.1. The molecule has 1 aromatic carbocycles. The maximum Gasteiger partial charge on any atom is 0.408 e. The summed E-state index contributed by atoms with van der Waals surface area (Å²) in [6, 6.07) is 2.81. The van der Waals surface area contributed by atoms with Crippen LogP contribution in [-0.2, 0) is 23.9 Å². The van der Waals surface area contributed by atoms with Crippen LogP contribution in [0.1, 0.15) is 66.2 Å². The van der Waals surface area contributed by atoms with Gasteiger partial charge < -0.3 is 44.9 Å². The van der Waals surface area contributed by atoms with E-state index in [1.54, 1.807) is 44.4 Å². The third kappa shape index (κ3) is 8.37. The van der Waals surface area contributed by atoms with Crippen molar-refractivity contribution >= 4 is 57.2 Å². The second-order valence-corrected chi connectivity index (χ2v) is 16.4. The number of hydrogen-bond donors (Lipinski definition) is 4. The highest BCUT2D eigenvalue weighted by Gasteiger charge is 2.61. The van der Waals surface area contributed by atoms with Crippen molar-refractivity contribution in [2.45, 2.75) is 96.1 Å². The molecule has 0 radical (unpaired) electrons. The minimum atomic E-state index is -1.55. The molecule has 0 unspecified atom stereocenters. The number of carbonyl (C=O) groups excluding carboxylic acids is 4. The Labute approximate surface area is 328 Å². The number of nitrogens with one attached hydrogen (secondary N) is 3. The molecule has 1 aliphatic heterocycles. The number of hydrogen-bond acceptors (Lipinski definition) is 12. The molecule has 0 bridgehead atoms. The van der Waals surface area contributed by atoms with Crippen molar-refractivity contribution in [1.29, 1.82) is 0 Å². The topological polar surface area (TPSA) is 208 Å². The lowest BCUT2D eigenvalue weighted by Gasteiger charge is -2.35. The van der Waals surface area contributed by atoms with Crippen molar-refractivity contribution in [3.8, 4) is 28.6 Å². The predicted octanol–water partition coefficient (Wildman–Crippen LogP) is 4.91. The van der Waals surface area contributed by atoms with Gasteiger partial charge in [0.1, 0.15) is 41.3 Å². The van der Waals surface area contributed by atoms with Gasteiger partial charge in [0, 0.05) is 42.2 Å². The lowest BCUT2D eigenvalue weighted by molar-refractivity contribution is -0.146. The Hall–Kier alpha value is -5.45. The summed E-state index contributed by atoms with van der Waals surface area (Å²) in [5.41, 5.74) is -1.01. The quantitative estimate of drug-likeness (QED) is 0.170. The number of pyridine rings is 1. The standard InChI is InChI=1S/C39H48N6O10S/c1-8-21-17-39(21,35(49)50)44-33(47)28-13-23(18-45(28)34(48)32(38(3,4)5)43-37(51)55-22-11-9-10-12-22)54-29-16-26(27-19-56-36(42-27)40-20(2)46)41-25-15-31(53-7)30(52-6)14-24(25)29/h8,14-16,19,21-23,28,32H,1,9-13,17-18H2,2-7H3,(H,43,51)(H,44,47)(H,49,50)(H,40,42,46)/t21-,23-,28+,32-,39-/m1/s1. The van der Waals surface area contributed by atoms with Crippen molar-refractivity contribution in [2.24, 2.45) is 11.3 Å². The molecule has 2 saturated carbocycles. The second kappa shape index (κ2) is 16.0. The van der Waals surface area contributed by atoms with Crippen LogP contribution in [0.25, 0.3) is 22.3 Å². The van der Waals surface area contributed by atoms with E-state index in [1.807, 2.05) is 0 Å². The molecular formula is C39H48N6O10S. The molecule has 0 spiro atoms. The van der Waals surface area contributed by atoms with E-state index in [4.69, 9.17) is 23.9 Å². The van der Waals surface area contributed by atoms with Gasteiger partial charge in [-0.3, -0.25) is 14.4 Å². The molecule has 2 aliphatic carbocycles. The number of aliphatic carboxylic acids is 1. The van der Waals surface area contributed by atoms with Crippen molar-refractivity contribution in [2.75, 3.05) is 26.1 Å². The van der Waals surface area contributed by atoms with Crippen LogP contribution in [-0.4, -0.2) is 100 Å². The minimum absolute atomic E-state index is 0.00870. The number of methoxy groups -OCH3 is 2. The summed E-state index contributed by atoms with van der Waals surface area (Å²) in [5.74, 6) is -2.02. The molecule has 2 aromatic heterocycles. The first-order valence-electron chi connectivity index (χ1n) is 18.5. The molecule has 6 rings (SSSR count). The molecule has 17 heteroatoms. The number of amides is 4. The molecule has 4 N–H and O–H groups in total. The number of rotatable bonds is 13. The summed E-state index contributed by atoms with van der Waals surface area (Å²) in [6.45, 7) is 10.4. The minimum Gasteiger partial charge on any atom is -0.493 e. The Kier molecular flexibility index (Phi) is 11.5. The summed E-state index contributed by atoms with van der Waals surface area (Å²) in [5, 5.41) is 20.9. The second-order valence-electron chi connectivity index (χ2n) is 15.5. The summed E-state index contributed by atoms with van der Waals surface area (Å²) in [7, 11) is 3.00. The van der Waals surface area contributed by atoms with Crippen LogP contribution >= 0.6 is 11.3 Å². The van der Waals surface area contributed by atoms with Gasteiger partial charge in [0.05, 0.1) is 32.0 Å². The molecule has 56 heavy (non-hydrogen) atoms. The van der Waals surface area contributed by atoms with Crippen LogP contribution < -0.4 is 30.2 Å². The van der Waals surface area contributed by atoms with E-state index in [-0.39, 0.29) is 31.4 Å². The van der Waals surface area contributed by atoms with Crippen molar-refractivity contribution in [3.05, 3.63) is 36.2 Å². The zero-order chi connectivity index (χ0) is 40.5. The van der Waals surface area contributed by atoms with Gasteiger partial charge in [-0.05, 0) is 43.6 Å². The first-order chi connectivity index (χ1) is 26.6. The fraction of sp³-hybridized carbons (Fsp3) is 0.513. The monoisotopic (exact) mass is 792 g/mol. The molecule has 3 fully saturated rings. The summed E-state index contributed by atoms with van der Waals surface area (Å²) < 4.78 is 23.4. The molecule has 3 aromatic rings. The van der Waals surface area contributed by atoms with E-state index < -0.39 is 58.9 Å². The van der Waals surface area contributed by atoms with Gasteiger partial charge in [0.15, 0.2) is 16.6 Å². The maximum atomic E-state index is 14.6. The van der Waals surface area contributed by atoms with Gasteiger partial charge in [0.25, 0.3) is 0 Å². The Morgan fingerprint density at radius 2 is 1.71 bits per heavy atom. The van der Waals surface area contributed by atoms with Gasteiger partial charge in [-0.1, -0.05) is 26.8 Å². The van der Waals surface area contributed by atoms with Gasteiger partial charge in [0.2, 0.25) is 17.7 Å². The smallest absolute Gasteiger partial charge is 0.408 e. The Bertz CT molecular complexity index is 2040. The van der Waals surface area contributed by atoms with Crippen LogP contribution in [0.5, 0.6) is 17.2 Å². The fourth-order valence-electron chi connectivity index (χ4n) is 7.35. The molecule has 5 atom stereocenters. The number of ether oxygens (including phenoxy) is 4. The van der Waals surface area contributed by atoms with Crippen LogP contribution in [0.3, 0.4) is 0 Å². The van der Waals surface area contributed by atoms with E-state index in [0.717, 1.165) is 25.7 Å². The third-order valence-electron chi connectivity index (χ3n) is 10.4. The molecule has 300 valence electrons. The van der Waals surface area contributed by atoms with E-state index >= 15 is 0 Å². The van der Waals surface area contributed by atoms with Crippen molar-refractivity contribution < 1.29 is 48.0 Å². The summed E-state index contributed by atoms with van der Waals surface area (Å²) in [4.78, 5) is 76.6. The Balaban J connectivity index is 1.36. The van der Waals surface area contributed by atoms with Crippen LogP contribution in [0.15, 0.2) is 36.2 Å². The first-order valence-corrected chi connectivity index (χ1v) is 19.4. The van der Waals surface area contributed by atoms with E-state index in [2.05, 4.69) is 27.5 Å². The lowest BCUT2D eigenvalue weighted by atomic mass is 9.85. The van der Waals surface area contributed by atoms with Crippen LogP contribution in [0.2, 0.25) is 0 Å². The number of carboxylic acids is 1. The van der Waals surface area contributed by atoms with Gasteiger partial charge in [-0.15, -0.1) is 17.9 Å². The molecule has 16 nitrogen and oxygen atoms in total. The highest BCUT2D eigenvalue weighted by atomic mass is 32.1. The SMILES string of the molecule is C=C[C@@H]1C[C@]1(NC(=O)[C@@H]1C[C@@H](Oc2cc(-c3csc(NC(C)=O)n3)nc3cc(OC)c(OC)cc23)CN1C(=O)[C@@H](NC(=O)OC1CCCC1)C(C)(C)C)C(=O)O. The van der Waals surface area contributed by atoms with Gasteiger partial charge in [-0.2, -0.15) is 0 Å². The number of thiazole rings is 1. The lowest BCUT2D eigenvalue weighted by Crippen LogP contribution is -2.59. The third-order valence-corrected chi connectivity index (χ3v) is 11.2. The van der Waals surface area contributed by atoms with Gasteiger partial charge in [-0.25, -0.2) is 19.6 Å². The number of benzene rings is 1. The number of likely N-dealkylation sites (tertiary alicyclic amines) is 1. The van der Waals surface area contributed by atoms with Crippen molar-refractivity contribution in [3.63, 3.8) is 0 Å². The zero-order valence-electron chi connectivity index (χ0n) is 32.3. The number of fused-ring (bicyclic) bond motifs is 1. The number of anilines is 1. The number of alkyl carbamates (subject to hydrolysis) is 1. The van der Waals surface area contributed by atoms with Gasteiger partial charge >= 0.3 is 12.1 Å². The van der Waals surface area contributed by atoms with E-state index in [9.17, 15) is 29.1 Å². The Morgan fingerprint density at radius 1 is 1.02 bits per heavy atom. The number of aromatic nitrogens is 2. The molecular weight excluding hydrogens is 745 g/mol. The molecule has 3 heterocycles. The average molecular weight is 793 g/mol. The van der Waals surface area contributed by atoms with Crippen LogP contribution in [0.4, 0.5) is 9.93 Å². The largest absolute Gasteiger partial charge is 0.493 e. The van der Waals surface area contributed by atoms with Crippen molar-refractivity contribution in [1.82, 2.24) is 25.5 Å². The van der Waals surface area contributed by atoms with E-state index in [0.29, 0.717) is 44.7 Å². The summed E-state index contributed by atoms with van der Waals surface area (Å²) in [6.07, 6.45) is 3.29. The normalized spacial score (nSPS) is 22.5. The molecule has 1 saturated heterocycles. The fourth-order valence-corrected chi connectivity index (χ4v) is 8.10. The predicted molar refractivity (Wildman–Crippen MR) is 207 cm³/mol.